The van der Waals surface area contributed by atoms with Gasteiger partial charge in [0.15, 0.2) is 46.0 Å². The number of carbonyl (C=O) groups excluding carboxylic acids is 5. The molecule has 0 radical (unpaired) electrons. The number of nitrogens with zero attached hydrogens (tertiary/aromatic N) is 8. The van der Waals surface area contributed by atoms with E-state index in [2.05, 4.69) is 147 Å². The van der Waals surface area contributed by atoms with Crippen LogP contribution >= 0.6 is 0 Å². The topological polar surface area (TPSA) is 316 Å². The second-order valence-corrected chi connectivity index (χ2v) is 41.2. The highest BCUT2D eigenvalue weighted by Gasteiger charge is 2.67. The second kappa shape index (κ2) is 27.9. The molecule has 0 saturated carbocycles. The Morgan fingerprint density at radius 2 is 0.683 bits per heavy atom. The third kappa shape index (κ3) is 9.67. The maximum absolute atomic E-state index is 13.5. The molecule has 26 nitrogen and oxygen atoms in total. The van der Waals surface area contributed by atoms with Crippen LogP contribution in [0.4, 0.5) is 0 Å². The molecule has 32 rings (SSSR count). The van der Waals surface area contributed by atoms with Crippen LogP contribution < -0.4 is 10.6 Å². The van der Waals surface area contributed by atoms with Crippen LogP contribution in [0, 0.1) is 11.8 Å². The van der Waals surface area contributed by atoms with Gasteiger partial charge in [0.2, 0.25) is 5.60 Å². The standard InChI is InChI=1S/C29H27N3O4.C29H27N3O3.C28H22N2O5.C27H22N2O4/c1-29-16(13-33)17(30-2)11-22(36-29)31-18-9-5-3-7-14(18)23-25-20(34)12-21(35)26(25)24-15-8-4-6-10-19(15)32(29)28(24)27(23)31;1-29-18(14-33)19(30-2)13-23(35-29)31-20-9-5-3-7-15(20)26-25-17(11-12-22(25)34)24-16-8-4-6-10-21(16)32(29)28(24)27(26)31;1-27-28(33,26(32)34-2)13-20(35-27)29-17-9-5-3-7-14(17)23-22-16(11-12-19(22)31)21-15-8-4-6-10-18(15)30(27)25(21)24(23)29;1-26-27(32,13-30)12-20(33-26)28-17-8-4-2-6-14(17)23-22-16(10-11-19(22)31)21-15-7-3-5-9-18(15)29(26)25(21)24(23)28/h3-10,16-17,21-22,30,33,35H,11-13H2,1-2H3;3-10,18-19,23,30,33H,11-14H2,1-2H3;3-10,20,33H,11-13H2,1-2H3;2-9,20,30,32H,10-13H2,1H3/t16-,17-,21-,22-,29+;18-,19-,23-,29+;20-,27+,28+;20-,26+,27+/m1111/s1. The van der Waals surface area contributed by atoms with E-state index in [1.165, 1.54) is 18.1 Å². The van der Waals surface area contributed by atoms with Crippen LogP contribution in [-0.4, -0.2) is 161 Å². The van der Waals surface area contributed by atoms with E-state index in [4.69, 9.17) is 23.7 Å². The summed E-state index contributed by atoms with van der Waals surface area (Å²) in [6.45, 7) is 7.44. The van der Waals surface area contributed by atoms with Crippen LogP contribution in [0.3, 0.4) is 0 Å². The predicted molar refractivity (Wildman–Crippen MR) is 531 cm³/mol. The van der Waals surface area contributed by atoms with Crippen molar-refractivity contribution >= 4 is 204 Å². The van der Waals surface area contributed by atoms with E-state index in [1.807, 2.05) is 129 Å². The molecule has 8 N–H and O–H groups in total. The summed E-state index contributed by atoms with van der Waals surface area (Å²) in [5.74, 6) is -0.482. The van der Waals surface area contributed by atoms with Crippen molar-refractivity contribution in [2.24, 2.45) is 11.8 Å². The van der Waals surface area contributed by atoms with Gasteiger partial charge in [-0.1, -0.05) is 146 Å². The van der Waals surface area contributed by atoms with Gasteiger partial charge < -0.3 is 101 Å². The second-order valence-electron chi connectivity index (χ2n) is 41.2. The fourth-order valence-electron chi connectivity index (χ4n) is 29.4. The number of Topliss-reactive ketones (excluding diaryl/α,β-unsaturated/α-hetero) is 4. The molecule has 4 aliphatic carbocycles. The fourth-order valence-corrected chi connectivity index (χ4v) is 29.4. The van der Waals surface area contributed by atoms with E-state index in [0.717, 1.165) is 215 Å². The molecule has 8 bridgehead atoms. The molecule has 0 amide bonds. The summed E-state index contributed by atoms with van der Waals surface area (Å²) in [7, 11) is 5.21. The number of ether oxygens (including phenoxy) is 5. The summed E-state index contributed by atoms with van der Waals surface area (Å²) in [4.78, 5) is 66.6. The molecule has 12 aliphatic rings. The lowest BCUT2D eigenvalue weighted by molar-refractivity contribution is -0.235. The Bertz CT molecular complexity index is 9170. The van der Waals surface area contributed by atoms with Gasteiger partial charge in [-0.25, -0.2) is 4.79 Å². The molecule has 16 heterocycles. The Hall–Kier alpha value is -13.3. The third-order valence-electron chi connectivity index (χ3n) is 35.2. The Kier molecular flexibility index (Phi) is 16.6. The Morgan fingerprint density at radius 3 is 1.05 bits per heavy atom. The van der Waals surface area contributed by atoms with Gasteiger partial charge in [0.1, 0.15) is 30.5 Å². The highest BCUT2D eigenvalue weighted by molar-refractivity contribution is 6.36. The molecule has 4 fully saturated rings. The highest BCUT2D eigenvalue weighted by atomic mass is 16.6. The fraction of sp³-hybridized carbons (Fsp3) is 0.319. The van der Waals surface area contributed by atoms with Crippen LogP contribution in [0.15, 0.2) is 194 Å². The maximum atomic E-state index is 13.5. The van der Waals surface area contributed by atoms with Gasteiger partial charge in [-0.3, -0.25) is 19.2 Å². The van der Waals surface area contributed by atoms with Crippen molar-refractivity contribution in [1.29, 1.82) is 0 Å². The van der Waals surface area contributed by atoms with Crippen LogP contribution in [-0.2, 0) is 70.6 Å². The first-order valence-electron chi connectivity index (χ1n) is 48.7. The van der Waals surface area contributed by atoms with Crippen molar-refractivity contribution in [2.75, 3.05) is 41.0 Å². The molecule has 15 atom stereocenters. The first kappa shape index (κ1) is 82.8. The number of methoxy groups -OCH3 is 1. The molecule has 0 unspecified atom stereocenters. The zero-order valence-electron chi connectivity index (χ0n) is 77.4. The number of aryl methyl sites for hydroxylation is 3. The zero-order valence-corrected chi connectivity index (χ0v) is 77.4. The SMILES string of the molecule is CN[C@@H]1C[C@H]2O[C@@](C)([C@@H]1CO)n1c3ccccc3c3c4c(c5c6ccccc6n2c5c31)C(=O)CC4.CN[C@@H]1C[C@H]2O[C@@](C)([C@@H]1CO)n1c3ccccc3c3c4c(c5c6ccccc6n2c5c31)C(=O)C[C@H]4O.COC(=O)[C@@]1(O)C[C@H]2O[C@]1(C)n1c3ccccc3c3c4c(c5c6ccccc6n2c5c31)C(=O)CC4.C[C@]12O[C@H](C[C@]1(O)CO)n1c3ccccc3c3c4c(c5c6ccccc6n2c5c31)CCC4=O. The molecule has 26 heteroatoms. The van der Waals surface area contributed by atoms with Crippen molar-refractivity contribution in [1.82, 2.24) is 47.2 Å². The minimum atomic E-state index is -1.91. The first-order chi connectivity index (χ1) is 67.5. The lowest BCUT2D eigenvalue weighted by Crippen LogP contribution is -2.56. The average Bonchev–Trinajstić information content (AvgIpc) is 1.52. The van der Waals surface area contributed by atoms with E-state index in [0.29, 0.717) is 44.1 Å². The number of benzene rings is 12. The summed E-state index contributed by atoms with van der Waals surface area (Å²) >= 11 is 0. The number of fused-ring (bicyclic) bond motifs is 52. The van der Waals surface area contributed by atoms with E-state index >= 15 is 0 Å². The van der Waals surface area contributed by atoms with Crippen molar-refractivity contribution in [2.45, 2.75) is 176 Å². The largest absolute Gasteiger partial charge is 0.467 e. The maximum Gasteiger partial charge on any atom is 0.343 e. The number of carbonyl (C=O) groups is 5. The minimum absolute atomic E-state index is 0.0135. The van der Waals surface area contributed by atoms with E-state index in [-0.39, 0.29) is 92.0 Å². The van der Waals surface area contributed by atoms with Gasteiger partial charge in [0.25, 0.3) is 0 Å². The molecule has 139 heavy (non-hydrogen) atoms. The number of ketones is 4. The van der Waals surface area contributed by atoms with Crippen molar-refractivity contribution in [3.63, 3.8) is 0 Å². The van der Waals surface area contributed by atoms with Crippen molar-refractivity contribution < 1.29 is 78.3 Å². The first-order valence-corrected chi connectivity index (χ1v) is 48.7. The lowest BCUT2D eigenvalue weighted by atomic mass is 9.84. The normalized spacial score (nSPS) is 27.9. The Morgan fingerprint density at radius 1 is 0.374 bits per heavy atom. The van der Waals surface area contributed by atoms with Gasteiger partial charge >= 0.3 is 5.97 Å². The summed E-state index contributed by atoms with van der Waals surface area (Å²) < 4.78 is 50.1. The molecular formula is C113H98N10O16. The summed E-state index contributed by atoms with van der Waals surface area (Å²) in [5, 5.41) is 90.0. The van der Waals surface area contributed by atoms with Gasteiger partial charge in [0.05, 0.1) is 121 Å². The molecule has 696 valence electrons. The summed E-state index contributed by atoms with van der Waals surface area (Å²) in [6, 6.07) is 65.6. The third-order valence-corrected chi connectivity index (χ3v) is 35.2. The van der Waals surface area contributed by atoms with Crippen LogP contribution in [0.5, 0.6) is 0 Å². The molecule has 8 aromatic heterocycles. The van der Waals surface area contributed by atoms with E-state index < -0.39 is 65.2 Å². The molecule has 0 spiro atoms. The highest BCUT2D eigenvalue weighted by Crippen LogP contribution is 2.64. The summed E-state index contributed by atoms with van der Waals surface area (Å²) in [6.07, 6.45) is 3.03. The number of esters is 1. The number of hydrogen-bond acceptors (Lipinski definition) is 18. The van der Waals surface area contributed by atoms with Gasteiger partial charge in [-0.05, 0) is 126 Å². The number of aromatic nitrogens is 8. The lowest BCUT2D eigenvalue weighted by Gasteiger charge is -2.48. The monoisotopic (exact) mass is 1850 g/mol. The van der Waals surface area contributed by atoms with E-state index in [9.17, 15) is 54.6 Å². The Balaban J connectivity index is 0.0000000892. The molecular weight excluding hydrogens is 1750 g/mol. The number of aliphatic hydroxyl groups is 6. The molecule has 20 aromatic rings. The zero-order chi connectivity index (χ0) is 94.3. The molecule has 12 aromatic carbocycles. The average molecular weight is 1850 g/mol. The van der Waals surface area contributed by atoms with Crippen LogP contribution in [0.25, 0.3) is 174 Å². The Labute approximate surface area is 791 Å². The minimum Gasteiger partial charge on any atom is -0.467 e. The number of para-hydroxylation sites is 8. The van der Waals surface area contributed by atoms with Crippen LogP contribution in [0.1, 0.15) is 174 Å². The van der Waals surface area contributed by atoms with E-state index in [1.54, 1.807) is 6.92 Å². The van der Waals surface area contributed by atoms with Crippen molar-refractivity contribution in [3.8, 4) is 0 Å². The van der Waals surface area contributed by atoms with Crippen molar-refractivity contribution in [3.05, 3.63) is 239 Å². The summed E-state index contributed by atoms with van der Waals surface area (Å²) in [5.41, 5.74) is 15.4. The number of rotatable bonds is 6. The predicted octanol–water partition coefficient (Wildman–Crippen LogP) is 18.1. The van der Waals surface area contributed by atoms with Crippen LogP contribution in [0.2, 0.25) is 0 Å². The van der Waals surface area contributed by atoms with Gasteiger partial charge in [0, 0.05) is 189 Å². The molecule has 4 saturated heterocycles. The van der Waals surface area contributed by atoms with Gasteiger partial charge in [-0.2, -0.15) is 0 Å². The van der Waals surface area contributed by atoms with Gasteiger partial charge in [-0.15, -0.1) is 0 Å². The quantitative estimate of drug-likeness (QED) is 0.0717. The number of nitrogens with one attached hydrogen (secondary N) is 2. The number of hydrogen-bond donors (Lipinski definition) is 8. The number of aliphatic hydroxyl groups excluding tert-OH is 4. The molecule has 8 aliphatic heterocycles. The smallest absolute Gasteiger partial charge is 0.343 e.